The fourth-order valence-corrected chi connectivity index (χ4v) is 1.41. The van der Waals surface area contributed by atoms with Crippen molar-refractivity contribution in [1.29, 1.82) is 0 Å². The first-order chi connectivity index (χ1) is 8.99. The lowest BCUT2D eigenvalue weighted by Gasteiger charge is -2.13. The van der Waals surface area contributed by atoms with Crippen molar-refractivity contribution in [2.75, 3.05) is 6.61 Å². The number of ether oxygens (including phenoxy) is 1. The monoisotopic (exact) mass is 264 g/mol. The Hall–Kier alpha value is -2.37. The Balaban J connectivity index is 2.39. The van der Waals surface area contributed by atoms with Gasteiger partial charge in [-0.05, 0) is 19.1 Å². The molecule has 3 N–H and O–H groups in total. The van der Waals surface area contributed by atoms with Crippen LogP contribution in [-0.4, -0.2) is 30.4 Å². The van der Waals surface area contributed by atoms with Crippen LogP contribution in [0.15, 0.2) is 30.3 Å². The summed E-state index contributed by atoms with van der Waals surface area (Å²) in [6.07, 6.45) is -0.0220. The largest absolute Gasteiger partial charge is 0.456 e. The van der Waals surface area contributed by atoms with E-state index < -0.39 is 24.5 Å². The molecule has 1 atom stereocenters. The summed E-state index contributed by atoms with van der Waals surface area (Å²) in [7, 11) is 0. The van der Waals surface area contributed by atoms with Crippen molar-refractivity contribution in [2.45, 2.75) is 19.4 Å². The van der Waals surface area contributed by atoms with Crippen LogP contribution in [0.4, 0.5) is 0 Å². The molecule has 0 aromatic heterocycles. The van der Waals surface area contributed by atoms with E-state index in [1.165, 1.54) is 0 Å². The number of carbonyl (C=O) groups is 3. The van der Waals surface area contributed by atoms with Crippen molar-refractivity contribution in [1.82, 2.24) is 5.32 Å². The molecule has 1 rings (SSSR count). The standard InChI is InChI=1S/C13H16N2O4/c1-9(7-12(17)19-8-11(14)16)15-13(18)10-5-3-2-4-6-10/h2-6,9H,7-8H2,1H3,(H2,14,16)(H,15,18). The summed E-state index contributed by atoms with van der Waals surface area (Å²) in [5, 5.41) is 2.66. The highest BCUT2D eigenvalue weighted by Crippen LogP contribution is 2.01. The number of esters is 1. The summed E-state index contributed by atoms with van der Waals surface area (Å²) in [4.78, 5) is 33.5. The van der Waals surface area contributed by atoms with E-state index in [2.05, 4.69) is 10.1 Å². The summed E-state index contributed by atoms with van der Waals surface area (Å²) in [6, 6.07) is 8.26. The molecule has 6 nitrogen and oxygen atoms in total. The van der Waals surface area contributed by atoms with Gasteiger partial charge < -0.3 is 15.8 Å². The summed E-state index contributed by atoms with van der Waals surface area (Å²) >= 11 is 0. The number of hydrogen-bond acceptors (Lipinski definition) is 4. The predicted molar refractivity (Wildman–Crippen MR) is 68.1 cm³/mol. The number of benzene rings is 1. The number of nitrogens with two attached hydrogens (primary N) is 1. The van der Waals surface area contributed by atoms with E-state index in [1.54, 1.807) is 37.3 Å². The maximum absolute atomic E-state index is 11.8. The molecule has 19 heavy (non-hydrogen) atoms. The quantitative estimate of drug-likeness (QED) is 0.718. The minimum atomic E-state index is -0.714. The molecule has 2 amide bonds. The van der Waals surface area contributed by atoms with Crippen LogP contribution < -0.4 is 11.1 Å². The number of nitrogens with one attached hydrogen (secondary N) is 1. The van der Waals surface area contributed by atoms with E-state index in [0.717, 1.165) is 0 Å². The Morgan fingerprint density at radius 2 is 1.89 bits per heavy atom. The second-order valence-electron chi connectivity index (χ2n) is 4.07. The van der Waals surface area contributed by atoms with Crippen molar-refractivity contribution in [2.24, 2.45) is 5.73 Å². The minimum absolute atomic E-state index is 0.0220. The topological polar surface area (TPSA) is 98.5 Å². The van der Waals surface area contributed by atoms with Gasteiger partial charge >= 0.3 is 5.97 Å². The van der Waals surface area contributed by atoms with Gasteiger partial charge in [-0.15, -0.1) is 0 Å². The lowest BCUT2D eigenvalue weighted by molar-refractivity contribution is -0.148. The molecule has 1 aromatic carbocycles. The van der Waals surface area contributed by atoms with Crippen molar-refractivity contribution in [3.8, 4) is 0 Å². The van der Waals surface area contributed by atoms with Crippen molar-refractivity contribution in [3.63, 3.8) is 0 Å². The van der Waals surface area contributed by atoms with Gasteiger partial charge in [-0.3, -0.25) is 14.4 Å². The lowest BCUT2D eigenvalue weighted by Crippen LogP contribution is -2.35. The summed E-state index contributed by atoms with van der Waals surface area (Å²) in [5.41, 5.74) is 5.36. The van der Waals surface area contributed by atoms with E-state index in [4.69, 9.17) is 5.73 Å². The van der Waals surface area contributed by atoms with E-state index in [1.807, 2.05) is 0 Å². The molecule has 0 saturated heterocycles. The van der Waals surface area contributed by atoms with Crippen molar-refractivity contribution >= 4 is 17.8 Å². The van der Waals surface area contributed by atoms with E-state index in [0.29, 0.717) is 5.56 Å². The molecule has 0 bridgehead atoms. The Bertz CT molecular complexity index is 459. The number of carbonyl (C=O) groups excluding carboxylic acids is 3. The molecule has 0 spiro atoms. The normalized spacial score (nSPS) is 11.4. The zero-order valence-electron chi connectivity index (χ0n) is 10.6. The molecule has 0 saturated carbocycles. The highest BCUT2D eigenvalue weighted by Gasteiger charge is 2.14. The van der Waals surface area contributed by atoms with Gasteiger partial charge in [0.1, 0.15) is 0 Å². The molecule has 1 unspecified atom stereocenters. The van der Waals surface area contributed by atoms with Gasteiger partial charge in [-0.1, -0.05) is 18.2 Å². The Morgan fingerprint density at radius 3 is 2.47 bits per heavy atom. The van der Waals surface area contributed by atoms with Gasteiger partial charge in [0.05, 0.1) is 6.42 Å². The molecular formula is C13H16N2O4. The third-order valence-electron chi connectivity index (χ3n) is 2.26. The molecule has 0 aliphatic rings. The minimum Gasteiger partial charge on any atom is -0.456 e. The van der Waals surface area contributed by atoms with Crippen LogP contribution >= 0.6 is 0 Å². The van der Waals surface area contributed by atoms with Crippen molar-refractivity contribution in [3.05, 3.63) is 35.9 Å². The first kappa shape index (κ1) is 14.7. The first-order valence-corrected chi connectivity index (χ1v) is 5.79. The third-order valence-corrected chi connectivity index (χ3v) is 2.26. The predicted octanol–water partition coefficient (Wildman–Crippen LogP) is 0.224. The molecule has 102 valence electrons. The van der Waals surface area contributed by atoms with Crippen LogP contribution in [0.3, 0.4) is 0 Å². The molecular weight excluding hydrogens is 248 g/mol. The maximum atomic E-state index is 11.8. The number of hydrogen-bond donors (Lipinski definition) is 2. The smallest absolute Gasteiger partial charge is 0.308 e. The summed E-state index contributed by atoms with van der Waals surface area (Å²) in [5.74, 6) is -1.57. The number of primary amides is 1. The van der Waals surface area contributed by atoms with Gasteiger partial charge in [-0.25, -0.2) is 0 Å². The fourth-order valence-electron chi connectivity index (χ4n) is 1.41. The van der Waals surface area contributed by atoms with Gasteiger partial charge in [0, 0.05) is 11.6 Å². The van der Waals surface area contributed by atoms with Crippen LogP contribution in [0.1, 0.15) is 23.7 Å². The van der Waals surface area contributed by atoms with Gasteiger partial charge in [0.15, 0.2) is 6.61 Å². The third kappa shape index (κ3) is 5.67. The SMILES string of the molecule is CC(CC(=O)OCC(N)=O)NC(=O)c1ccccc1. The van der Waals surface area contributed by atoms with Crippen LogP contribution in [0.25, 0.3) is 0 Å². The molecule has 0 heterocycles. The van der Waals surface area contributed by atoms with Crippen LogP contribution in [0.2, 0.25) is 0 Å². The van der Waals surface area contributed by atoms with Crippen LogP contribution in [0.5, 0.6) is 0 Å². The van der Waals surface area contributed by atoms with Crippen LogP contribution in [-0.2, 0) is 14.3 Å². The highest BCUT2D eigenvalue weighted by molar-refractivity contribution is 5.94. The molecule has 0 radical (unpaired) electrons. The van der Waals surface area contributed by atoms with E-state index in [9.17, 15) is 14.4 Å². The second-order valence-corrected chi connectivity index (χ2v) is 4.07. The second kappa shape index (κ2) is 7.15. The number of amides is 2. The first-order valence-electron chi connectivity index (χ1n) is 5.79. The van der Waals surface area contributed by atoms with Gasteiger partial charge in [0.25, 0.3) is 11.8 Å². The summed E-state index contributed by atoms with van der Waals surface area (Å²) in [6.45, 7) is 1.23. The highest BCUT2D eigenvalue weighted by atomic mass is 16.5. The molecule has 0 fully saturated rings. The maximum Gasteiger partial charge on any atom is 0.308 e. The van der Waals surface area contributed by atoms with Gasteiger partial charge in [-0.2, -0.15) is 0 Å². The molecule has 6 heteroatoms. The average Bonchev–Trinajstić information content (AvgIpc) is 2.37. The number of rotatable bonds is 6. The zero-order valence-corrected chi connectivity index (χ0v) is 10.6. The van der Waals surface area contributed by atoms with E-state index >= 15 is 0 Å². The van der Waals surface area contributed by atoms with Crippen molar-refractivity contribution < 1.29 is 19.1 Å². The van der Waals surface area contributed by atoms with E-state index in [-0.39, 0.29) is 12.3 Å². The summed E-state index contributed by atoms with van der Waals surface area (Å²) < 4.78 is 4.60. The Morgan fingerprint density at radius 1 is 1.26 bits per heavy atom. The molecule has 0 aliphatic carbocycles. The Kier molecular flexibility index (Phi) is 5.53. The Labute approximate surface area is 110 Å². The zero-order chi connectivity index (χ0) is 14.3. The fraction of sp³-hybridized carbons (Fsp3) is 0.308. The lowest BCUT2D eigenvalue weighted by atomic mass is 10.2. The van der Waals surface area contributed by atoms with Crippen LogP contribution in [0, 0.1) is 0 Å². The average molecular weight is 264 g/mol. The molecule has 1 aromatic rings. The molecule has 0 aliphatic heterocycles. The van der Waals surface area contributed by atoms with Gasteiger partial charge in [0.2, 0.25) is 0 Å².